The lowest BCUT2D eigenvalue weighted by molar-refractivity contribution is -0.145. The van der Waals surface area contributed by atoms with Crippen LogP contribution in [0.4, 0.5) is 0 Å². The van der Waals surface area contributed by atoms with E-state index in [1.54, 1.807) is 24.0 Å². The number of esters is 1. The molecular formula is C15H21N3O5. The fourth-order valence-electron chi connectivity index (χ4n) is 2.30. The van der Waals surface area contributed by atoms with Crippen molar-refractivity contribution in [1.82, 2.24) is 15.1 Å². The zero-order valence-corrected chi connectivity index (χ0v) is 13.4. The molecule has 2 heterocycles. The minimum atomic E-state index is -0.346. The highest BCUT2D eigenvalue weighted by Gasteiger charge is 2.28. The van der Waals surface area contributed by atoms with Crippen molar-refractivity contribution in [2.24, 2.45) is 0 Å². The Morgan fingerprint density at radius 2 is 2.00 bits per heavy atom. The van der Waals surface area contributed by atoms with Crippen molar-refractivity contribution in [2.75, 3.05) is 26.8 Å². The molecule has 0 aliphatic carbocycles. The van der Waals surface area contributed by atoms with Gasteiger partial charge < -0.3 is 19.1 Å². The highest BCUT2D eigenvalue weighted by Crippen LogP contribution is 2.18. The van der Waals surface area contributed by atoms with Gasteiger partial charge in [0.25, 0.3) is 0 Å². The Labute approximate surface area is 134 Å². The van der Waals surface area contributed by atoms with Gasteiger partial charge in [0, 0.05) is 31.5 Å². The van der Waals surface area contributed by atoms with Gasteiger partial charge in [0.15, 0.2) is 0 Å². The van der Waals surface area contributed by atoms with E-state index in [0.717, 1.165) is 6.42 Å². The number of hydrogen-bond acceptors (Lipinski definition) is 7. The Bertz CT molecular complexity index is 534. The molecule has 8 heteroatoms. The molecule has 8 nitrogen and oxygen atoms in total. The Kier molecular flexibility index (Phi) is 6.13. The summed E-state index contributed by atoms with van der Waals surface area (Å²) in [6, 6.07) is 3.34. The predicted octanol–water partition coefficient (Wildman–Crippen LogP) is 0.808. The third-order valence-electron chi connectivity index (χ3n) is 3.46. The van der Waals surface area contributed by atoms with E-state index in [0.29, 0.717) is 31.5 Å². The van der Waals surface area contributed by atoms with Crippen LogP contribution in [0.15, 0.2) is 12.1 Å². The Hall–Kier alpha value is -2.38. The molecule has 1 aromatic heterocycles. The maximum atomic E-state index is 12.1. The molecule has 1 unspecified atom stereocenters. The SMILES string of the molecule is CCOC(=O)CCC(=O)N1CCC(Oc2ccc(OC)nn2)C1. The number of aromatic nitrogens is 2. The van der Waals surface area contributed by atoms with E-state index in [2.05, 4.69) is 10.2 Å². The molecule has 23 heavy (non-hydrogen) atoms. The van der Waals surface area contributed by atoms with Crippen LogP contribution in [0.3, 0.4) is 0 Å². The van der Waals surface area contributed by atoms with E-state index in [1.165, 1.54) is 7.11 Å². The zero-order chi connectivity index (χ0) is 16.7. The largest absolute Gasteiger partial charge is 0.480 e. The number of amides is 1. The predicted molar refractivity (Wildman–Crippen MR) is 80.1 cm³/mol. The van der Waals surface area contributed by atoms with Crippen molar-refractivity contribution >= 4 is 11.9 Å². The van der Waals surface area contributed by atoms with E-state index in [-0.39, 0.29) is 30.8 Å². The van der Waals surface area contributed by atoms with Gasteiger partial charge in [-0.05, 0) is 6.92 Å². The lowest BCUT2D eigenvalue weighted by Crippen LogP contribution is -2.31. The van der Waals surface area contributed by atoms with Crippen LogP contribution in [-0.4, -0.2) is 59.9 Å². The number of ether oxygens (including phenoxy) is 3. The second kappa shape index (κ2) is 8.30. The van der Waals surface area contributed by atoms with Crippen LogP contribution >= 0.6 is 0 Å². The molecule has 1 saturated heterocycles. The summed E-state index contributed by atoms with van der Waals surface area (Å²) in [6.07, 6.45) is 0.870. The summed E-state index contributed by atoms with van der Waals surface area (Å²) in [4.78, 5) is 25.0. The van der Waals surface area contributed by atoms with E-state index in [4.69, 9.17) is 14.2 Å². The number of methoxy groups -OCH3 is 1. The average molecular weight is 323 g/mol. The molecule has 2 rings (SSSR count). The first-order chi connectivity index (χ1) is 11.1. The molecule has 0 N–H and O–H groups in total. The highest BCUT2D eigenvalue weighted by molar-refractivity contribution is 5.81. The third kappa shape index (κ3) is 5.08. The van der Waals surface area contributed by atoms with Crippen molar-refractivity contribution in [3.8, 4) is 11.8 Å². The molecule has 1 fully saturated rings. The highest BCUT2D eigenvalue weighted by atomic mass is 16.5. The van der Waals surface area contributed by atoms with Crippen LogP contribution in [0.5, 0.6) is 11.8 Å². The second-order valence-corrected chi connectivity index (χ2v) is 5.09. The second-order valence-electron chi connectivity index (χ2n) is 5.09. The molecule has 1 aliphatic heterocycles. The lowest BCUT2D eigenvalue weighted by atomic mass is 10.3. The van der Waals surface area contributed by atoms with Crippen LogP contribution in [-0.2, 0) is 14.3 Å². The zero-order valence-electron chi connectivity index (χ0n) is 13.4. The fourth-order valence-corrected chi connectivity index (χ4v) is 2.30. The summed E-state index contributed by atoms with van der Waals surface area (Å²) in [5, 5.41) is 7.73. The minimum Gasteiger partial charge on any atom is -0.480 e. The van der Waals surface area contributed by atoms with Gasteiger partial charge in [0.1, 0.15) is 6.10 Å². The van der Waals surface area contributed by atoms with E-state index >= 15 is 0 Å². The first-order valence-electron chi connectivity index (χ1n) is 7.60. The third-order valence-corrected chi connectivity index (χ3v) is 3.46. The van der Waals surface area contributed by atoms with Gasteiger partial charge in [-0.3, -0.25) is 9.59 Å². The molecule has 1 aromatic rings. The van der Waals surface area contributed by atoms with Crippen molar-refractivity contribution in [3.63, 3.8) is 0 Å². The Morgan fingerprint density at radius 1 is 1.26 bits per heavy atom. The van der Waals surface area contributed by atoms with Gasteiger partial charge >= 0.3 is 5.97 Å². The van der Waals surface area contributed by atoms with Gasteiger partial charge in [0.05, 0.1) is 26.7 Å². The van der Waals surface area contributed by atoms with Gasteiger partial charge in [-0.2, -0.15) is 0 Å². The monoisotopic (exact) mass is 323 g/mol. The molecule has 1 atom stereocenters. The van der Waals surface area contributed by atoms with Gasteiger partial charge in [-0.25, -0.2) is 0 Å². The summed E-state index contributed by atoms with van der Waals surface area (Å²) >= 11 is 0. The van der Waals surface area contributed by atoms with Gasteiger partial charge in [-0.1, -0.05) is 0 Å². The fraction of sp³-hybridized carbons (Fsp3) is 0.600. The summed E-state index contributed by atoms with van der Waals surface area (Å²) in [6.45, 7) is 3.16. The number of carbonyl (C=O) groups excluding carboxylic acids is 2. The van der Waals surface area contributed by atoms with E-state index in [9.17, 15) is 9.59 Å². The van der Waals surface area contributed by atoms with Crippen LogP contribution in [0.25, 0.3) is 0 Å². The quantitative estimate of drug-likeness (QED) is 0.686. The molecular weight excluding hydrogens is 302 g/mol. The molecule has 0 saturated carbocycles. The van der Waals surface area contributed by atoms with E-state index in [1.807, 2.05) is 0 Å². The average Bonchev–Trinajstić information content (AvgIpc) is 3.02. The number of likely N-dealkylation sites (tertiary alicyclic amines) is 1. The normalized spacial score (nSPS) is 17.0. The summed E-state index contributed by atoms with van der Waals surface area (Å²) in [7, 11) is 1.52. The Balaban J connectivity index is 1.76. The number of hydrogen-bond donors (Lipinski definition) is 0. The van der Waals surface area contributed by atoms with E-state index < -0.39 is 0 Å². The summed E-state index contributed by atoms with van der Waals surface area (Å²) < 4.78 is 15.5. The first kappa shape index (κ1) is 17.0. The maximum Gasteiger partial charge on any atom is 0.306 e. The van der Waals surface area contributed by atoms with Crippen molar-refractivity contribution in [3.05, 3.63) is 12.1 Å². The van der Waals surface area contributed by atoms with Gasteiger partial charge in [0.2, 0.25) is 17.7 Å². The lowest BCUT2D eigenvalue weighted by Gasteiger charge is -2.16. The topological polar surface area (TPSA) is 90.9 Å². The summed E-state index contributed by atoms with van der Waals surface area (Å²) in [5.74, 6) is 0.405. The van der Waals surface area contributed by atoms with Crippen LogP contribution in [0.1, 0.15) is 26.2 Å². The number of carbonyl (C=O) groups is 2. The standard InChI is InChI=1S/C15H21N3O5/c1-3-22-15(20)7-6-14(19)18-9-8-11(10-18)23-13-5-4-12(21-2)16-17-13/h4-5,11H,3,6-10H2,1-2H3. The van der Waals surface area contributed by atoms with Crippen LogP contribution < -0.4 is 9.47 Å². The molecule has 126 valence electrons. The number of nitrogens with zero attached hydrogens (tertiary/aromatic N) is 3. The van der Waals surface area contributed by atoms with Crippen LogP contribution in [0.2, 0.25) is 0 Å². The summed E-state index contributed by atoms with van der Waals surface area (Å²) in [5.41, 5.74) is 0. The van der Waals surface area contributed by atoms with Crippen LogP contribution in [0, 0.1) is 0 Å². The maximum absolute atomic E-state index is 12.1. The van der Waals surface area contributed by atoms with Crippen molar-refractivity contribution in [1.29, 1.82) is 0 Å². The molecule has 0 aromatic carbocycles. The molecule has 0 radical (unpaired) electrons. The van der Waals surface area contributed by atoms with Gasteiger partial charge in [-0.15, -0.1) is 10.2 Å². The number of rotatable bonds is 7. The Morgan fingerprint density at radius 3 is 2.65 bits per heavy atom. The molecule has 0 bridgehead atoms. The molecule has 0 spiro atoms. The molecule has 1 amide bonds. The first-order valence-corrected chi connectivity index (χ1v) is 7.60. The van der Waals surface area contributed by atoms with Crippen molar-refractivity contribution in [2.45, 2.75) is 32.3 Å². The minimum absolute atomic E-state index is 0.0648. The van der Waals surface area contributed by atoms with Crippen molar-refractivity contribution < 1.29 is 23.8 Å². The molecule has 1 aliphatic rings. The smallest absolute Gasteiger partial charge is 0.306 e.